The van der Waals surface area contributed by atoms with Gasteiger partial charge in [-0.05, 0) is 42.4 Å². The third-order valence-corrected chi connectivity index (χ3v) is 7.75. The minimum atomic E-state index is -3.63. The number of H-pyrrole nitrogens is 1. The van der Waals surface area contributed by atoms with Gasteiger partial charge in [-0.1, -0.05) is 24.3 Å². The van der Waals surface area contributed by atoms with Crippen molar-refractivity contribution in [1.29, 1.82) is 0 Å². The van der Waals surface area contributed by atoms with Gasteiger partial charge in [-0.25, -0.2) is 13.2 Å². The number of methoxy groups -OCH3 is 1. The second-order valence-electron chi connectivity index (χ2n) is 7.87. The van der Waals surface area contributed by atoms with Gasteiger partial charge < -0.3 is 9.72 Å². The molecule has 1 N–H and O–H groups in total. The van der Waals surface area contributed by atoms with E-state index in [1.54, 1.807) is 4.31 Å². The fourth-order valence-electron chi connectivity index (χ4n) is 4.37. The Kier molecular flexibility index (Phi) is 5.76. The Morgan fingerprint density at radius 3 is 2.83 bits per heavy atom. The van der Waals surface area contributed by atoms with E-state index < -0.39 is 16.0 Å². The summed E-state index contributed by atoms with van der Waals surface area (Å²) in [5.74, 6) is -0.267. The van der Waals surface area contributed by atoms with Gasteiger partial charge in [0.15, 0.2) is 0 Å². The zero-order valence-electron chi connectivity index (χ0n) is 16.6. The highest BCUT2D eigenvalue weighted by Crippen LogP contribution is 2.27. The fraction of sp³-hybridized carbons (Fsp3) is 0.476. The number of fused-ring (bicyclic) bond motifs is 1. The third-order valence-electron chi connectivity index (χ3n) is 5.91. The lowest BCUT2D eigenvalue weighted by molar-refractivity contribution is 0.0594. The third kappa shape index (κ3) is 4.24. The highest BCUT2D eigenvalue weighted by atomic mass is 32.2. The summed E-state index contributed by atoms with van der Waals surface area (Å²) >= 11 is 0. The summed E-state index contributed by atoms with van der Waals surface area (Å²) in [6, 6.07) is 9.90. The average molecular weight is 418 g/mol. The molecule has 4 rings (SSSR count). The number of ether oxygens (including phenoxy) is 1. The van der Waals surface area contributed by atoms with Gasteiger partial charge in [0, 0.05) is 38.9 Å². The standard InChI is InChI=1S/C21H27N3O4S/c1-28-21(25)20-11-19(12-22-20)29(26,27)24-9-4-5-16(14-24)13-23-10-8-17-6-2-3-7-18(17)15-23/h2-3,6-7,11-12,16,22H,4-5,8-10,13-15H2,1H3/t16-/m0/s1. The Morgan fingerprint density at radius 2 is 2.03 bits per heavy atom. The molecule has 0 radical (unpaired) electrons. The maximum Gasteiger partial charge on any atom is 0.354 e. The lowest BCUT2D eigenvalue weighted by Gasteiger charge is -2.36. The molecule has 0 saturated carbocycles. The molecule has 0 unspecified atom stereocenters. The lowest BCUT2D eigenvalue weighted by Crippen LogP contribution is -2.44. The van der Waals surface area contributed by atoms with E-state index in [1.807, 2.05) is 0 Å². The van der Waals surface area contributed by atoms with Gasteiger partial charge in [-0.15, -0.1) is 0 Å². The van der Waals surface area contributed by atoms with Crippen LogP contribution in [0.5, 0.6) is 0 Å². The molecular formula is C21H27N3O4S. The molecule has 2 aliphatic rings. The number of aromatic amines is 1. The summed E-state index contributed by atoms with van der Waals surface area (Å²) in [5.41, 5.74) is 2.94. The summed E-state index contributed by atoms with van der Waals surface area (Å²) < 4.78 is 32.3. The van der Waals surface area contributed by atoms with E-state index in [0.717, 1.165) is 38.9 Å². The number of esters is 1. The van der Waals surface area contributed by atoms with Crippen molar-refractivity contribution >= 4 is 16.0 Å². The van der Waals surface area contributed by atoms with E-state index in [0.29, 0.717) is 19.0 Å². The number of piperidine rings is 1. The molecule has 2 aliphatic heterocycles. The molecule has 1 saturated heterocycles. The molecule has 29 heavy (non-hydrogen) atoms. The first-order valence-corrected chi connectivity index (χ1v) is 11.5. The highest BCUT2D eigenvalue weighted by molar-refractivity contribution is 7.89. The van der Waals surface area contributed by atoms with Crippen LogP contribution in [0.3, 0.4) is 0 Å². The maximum atomic E-state index is 13.1. The number of hydrogen-bond donors (Lipinski definition) is 1. The Balaban J connectivity index is 1.42. The van der Waals surface area contributed by atoms with E-state index in [2.05, 4.69) is 38.9 Å². The van der Waals surface area contributed by atoms with Gasteiger partial charge in [0.1, 0.15) is 10.6 Å². The molecule has 1 atom stereocenters. The Labute approximate surface area is 171 Å². The first kappa shape index (κ1) is 20.1. The van der Waals surface area contributed by atoms with E-state index in [9.17, 15) is 13.2 Å². The van der Waals surface area contributed by atoms with Gasteiger partial charge in [0.05, 0.1) is 7.11 Å². The second kappa shape index (κ2) is 8.30. The molecule has 0 bridgehead atoms. The number of nitrogens with zero attached hydrogens (tertiary/aromatic N) is 2. The van der Waals surface area contributed by atoms with Crippen LogP contribution in [0.2, 0.25) is 0 Å². The molecule has 0 spiro atoms. The number of carbonyl (C=O) groups excluding carboxylic acids is 1. The second-order valence-corrected chi connectivity index (χ2v) is 9.80. The normalized spacial score (nSPS) is 20.9. The largest absolute Gasteiger partial charge is 0.464 e. The maximum absolute atomic E-state index is 13.1. The summed E-state index contributed by atoms with van der Waals surface area (Å²) in [6.07, 6.45) is 4.30. The minimum Gasteiger partial charge on any atom is -0.464 e. The summed E-state index contributed by atoms with van der Waals surface area (Å²) in [7, 11) is -2.36. The summed E-state index contributed by atoms with van der Waals surface area (Å²) in [4.78, 5) is 16.9. The zero-order chi connectivity index (χ0) is 20.4. The number of sulfonamides is 1. The molecule has 3 heterocycles. The predicted molar refractivity (Wildman–Crippen MR) is 109 cm³/mol. The zero-order valence-corrected chi connectivity index (χ0v) is 17.5. The smallest absolute Gasteiger partial charge is 0.354 e. The SMILES string of the molecule is COC(=O)c1cc(S(=O)(=O)N2CCC[C@@H](CN3CCc4ccccc4C3)C2)c[nH]1. The Bertz CT molecular complexity index is 985. The number of rotatable bonds is 5. The van der Waals surface area contributed by atoms with Gasteiger partial charge in [-0.3, -0.25) is 4.90 Å². The molecule has 0 amide bonds. The molecule has 2 aromatic rings. The van der Waals surface area contributed by atoms with Crippen molar-refractivity contribution in [3.05, 3.63) is 53.3 Å². The van der Waals surface area contributed by atoms with Crippen molar-refractivity contribution in [1.82, 2.24) is 14.2 Å². The first-order chi connectivity index (χ1) is 14.0. The van der Waals surface area contributed by atoms with Crippen molar-refractivity contribution in [3.8, 4) is 0 Å². The molecule has 1 aromatic carbocycles. The highest BCUT2D eigenvalue weighted by Gasteiger charge is 2.32. The quantitative estimate of drug-likeness (QED) is 0.755. The summed E-state index contributed by atoms with van der Waals surface area (Å²) in [6.45, 7) is 3.88. The monoisotopic (exact) mass is 417 g/mol. The van der Waals surface area contributed by atoms with Crippen LogP contribution in [-0.2, 0) is 27.7 Å². The Morgan fingerprint density at radius 1 is 1.24 bits per heavy atom. The van der Waals surface area contributed by atoms with Crippen LogP contribution in [-0.4, -0.2) is 61.9 Å². The molecular weight excluding hydrogens is 390 g/mol. The minimum absolute atomic E-state index is 0.116. The predicted octanol–water partition coefficient (Wildman–Crippen LogP) is 2.26. The van der Waals surface area contributed by atoms with E-state index in [4.69, 9.17) is 0 Å². The number of hydrogen-bond acceptors (Lipinski definition) is 5. The molecule has 1 aromatic heterocycles. The number of nitrogens with one attached hydrogen (secondary N) is 1. The molecule has 0 aliphatic carbocycles. The van der Waals surface area contributed by atoms with Gasteiger partial charge in [-0.2, -0.15) is 4.31 Å². The van der Waals surface area contributed by atoms with E-state index >= 15 is 0 Å². The van der Waals surface area contributed by atoms with Crippen LogP contribution in [0.25, 0.3) is 0 Å². The van der Waals surface area contributed by atoms with Crippen LogP contribution in [0.15, 0.2) is 41.4 Å². The number of carbonyl (C=O) groups is 1. The molecule has 1 fully saturated rings. The summed E-state index contributed by atoms with van der Waals surface area (Å²) in [5, 5.41) is 0. The van der Waals surface area contributed by atoms with E-state index in [-0.39, 0.29) is 10.6 Å². The van der Waals surface area contributed by atoms with Crippen molar-refractivity contribution in [2.45, 2.75) is 30.7 Å². The van der Waals surface area contributed by atoms with Gasteiger partial charge in [0.2, 0.25) is 10.0 Å². The van der Waals surface area contributed by atoms with Crippen molar-refractivity contribution in [2.75, 3.05) is 33.3 Å². The lowest BCUT2D eigenvalue weighted by atomic mass is 9.95. The molecule has 156 valence electrons. The van der Waals surface area contributed by atoms with Gasteiger partial charge >= 0.3 is 5.97 Å². The van der Waals surface area contributed by atoms with Gasteiger partial charge in [0.25, 0.3) is 0 Å². The average Bonchev–Trinajstić information content (AvgIpc) is 3.24. The fourth-order valence-corrected chi connectivity index (χ4v) is 5.92. The van der Waals surface area contributed by atoms with Crippen LogP contribution in [0.1, 0.15) is 34.5 Å². The first-order valence-electron chi connectivity index (χ1n) is 10.0. The molecule has 7 nitrogen and oxygen atoms in total. The van der Waals surface area contributed by atoms with Crippen LogP contribution in [0, 0.1) is 5.92 Å². The topological polar surface area (TPSA) is 82.7 Å². The van der Waals surface area contributed by atoms with Crippen molar-refractivity contribution in [3.63, 3.8) is 0 Å². The van der Waals surface area contributed by atoms with Crippen LogP contribution < -0.4 is 0 Å². The number of benzene rings is 1. The Hall–Kier alpha value is -2.16. The van der Waals surface area contributed by atoms with Crippen molar-refractivity contribution in [2.24, 2.45) is 5.92 Å². The van der Waals surface area contributed by atoms with E-state index in [1.165, 1.54) is 30.5 Å². The van der Waals surface area contributed by atoms with Crippen LogP contribution >= 0.6 is 0 Å². The van der Waals surface area contributed by atoms with Crippen LogP contribution in [0.4, 0.5) is 0 Å². The number of aromatic nitrogens is 1. The molecule has 8 heteroatoms. The van der Waals surface area contributed by atoms with Crippen molar-refractivity contribution < 1.29 is 17.9 Å².